The molecule has 0 amide bonds. The minimum atomic E-state index is -0.783. The molecule has 6 heteroatoms. The van der Waals surface area contributed by atoms with Crippen LogP contribution in [0, 0.1) is 15.9 Å². The number of nitro groups is 1. The molecule has 0 aromatic heterocycles. The van der Waals surface area contributed by atoms with Crippen molar-refractivity contribution >= 4 is 33.8 Å². The van der Waals surface area contributed by atoms with Crippen LogP contribution >= 0.6 is 23.8 Å². The SMILES string of the molecule is O=[N+]([O-])c1ccc(C(=S)Cl)c(F)c1. The van der Waals surface area contributed by atoms with Crippen molar-refractivity contribution in [2.45, 2.75) is 0 Å². The van der Waals surface area contributed by atoms with Crippen molar-refractivity contribution in [3.05, 3.63) is 39.7 Å². The van der Waals surface area contributed by atoms with Crippen molar-refractivity contribution in [2.75, 3.05) is 0 Å². The lowest BCUT2D eigenvalue weighted by Crippen LogP contribution is -1.95. The van der Waals surface area contributed by atoms with E-state index < -0.39 is 10.7 Å². The molecule has 0 heterocycles. The molecule has 1 aromatic rings. The Bertz CT molecular complexity index is 383. The molecule has 68 valence electrons. The summed E-state index contributed by atoms with van der Waals surface area (Å²) in [5, 5.41) is 10.2. The highest BCUT2D eigenvalue weighted by molar-refractivity contribution is 7.83. The molecule has 0 aliphatic rings. The van der Waals surface area contributed by atoms with Crippen molar-refractivity contribution < 1.29 is 9.31 Å². The second kappa shape index (κ2) is 3.76. The van der Waals surface area contributed by atoms with Crippen molar-refractivity contribution in [2.24, 2.45) is 0 Å². The third-order valence-corrected chi connectivity index (χ3v) is 1.80. The summed E-state index contributed by atoms with van der Waals surface area (Å²) in [6.07, 6.45) is 0. The Morgan fingerprint density at radius 3 is 2.62 bits per heavy atom. The summed E-state index contributed by atoms with van der Waals surface area (Å²) >= 11 is 9.88. The molecular weight excluding hydrogens is 217 g/mol. The average Bonchev–Trinajstić information content (AvgIpc) is 2.03. The summed E-state index contributed by atoms with van der Waals surface area (Å²) in [5.41, 5.74) is -0.323. The van der Waals surface area contributed by atoms with E-state index in [1.54, 1.807) is 0 Å². The summed E-state index contributed by atoms with van der Waals surface area (Å²) in [6, 6.07) is 3.11. The van der Waals surface area contributed by atoms with Gasteiger partial charge in [0, 0.05) is 11.6 Å². The molecular formula is C7H3ClFNO2S. The Morgan fingerprint density at radius 1 is 1.62 bits per heavy atom. The molecule has 1 rings (SSSR count). The van der Waals surface area contributed by atoms with Crippen molar-refractivity contribution in [3.8, 4) is 0 Å². The van der Waals surface area contributed by atoms with Gasteiger partial charge in [-0.3, -0.25) is 10.1 Å². The van der Waals surface area contributed by atoms with Gasteiger partial charge in [0.25, 0.3) is 5.69 Å². The van der Waals surface area contributed by atoms with Crippen molar-refractivity contribution in [3.63, 3.8) is 0 Å². The van der Waals surface area contributed by atoms with E-state index in [0.29, 0.717) is 0 Å². The molecule has 0 atom stereocenters. The predicted molar refractivity (Wildman–Crippen MR) is 50.6 cm³/mol. The largest absolute Gasteiger partial charge is 0.272 e. The number of halogens is 2. The predicted octanol–water partition coefficient (Wildman–Crippen LogP) is 2.65. The summed E-state index contributed by atoms with van der Waals surface area (Å²) < 4.78 is 12.8. The number of rotatable bonds is 2. The molecule has 0 unspecified atom stereocenters. The van der Waals surface area contributed by atoms with Crippen LogP contribution in [0.5, 0.6) is 0 Å². The van der Waals surface area contributed by atoms with Crippen LogP contribution < -0.4 is 0 Å². The molecule has 0 saturated heterocycles. The molecule has 0 bridgehead atoms. The lowest BCUT2D eigenvalue weighted by atomic mass is 10.2. The van der Waals surface area contributed by atoms with E-state index in [1.807, 2.05) is 0 Å². The fraction of sp³-hybridized carbons (Fsp3) is 0. The first-order chi connectivity index (χ1) is 6.02. The highest BCUT2D eigenvalue weighted by Crippen LogP contribution is 2.18. The molecule has 0 fully saturated rings. The van der Waals surface area contributed by atoms with E-state index in [2.05, 4.69) is 12.2 Å². The van der Waals surface area contributed by atoms with Gasteiger partial charge in [0.05, 0.1) is 11.0 Å². The molecule has 0 radical (unpaired) electrons. The Kier molecular flexibility index (Phi) is 2.90. The third kappa shape index (κ3) is 2.19. The second-order valence-corrected chi connectivity index (χ2v) is 3.21. The molecule has 13 heavy (non-hydrogen) atoms. The minimum absolute atomic E-state index is 0.00210. The molecule has 3 nitrogen and oxygen atoms in total. The number of hydrogen-bond donors (Lipinski definition) is 0. The Labute approximate surface area is 83.3 Å². The Balaban J connectivity index is 3.20. The second-order valence-electron chi connectivity index (χ2n) is 2.19. The number of nitro benzene ring substituents is 1. The maximum absolute atomic E-state index is 13.0. The first-order valence-corrected chi connectivity index (χ1v) is 3.95. The zero-order valence-electron chi connectivity index (χ0n) is 6.16. The normalized spacial score (nSPS) is 9.69. The number of benzene rings is 1. The number of non-ortho nitro benzene ring substituents is 1. The zero-order chi connectivity index (χ0) is 10.0. The average molecular weight is 220 g/mol. The Morgan fingerprint density at radius 2 is 2.23 bits per heavy atom. The van der Waals surface area contributed by atoms with E-state index in [1.165, 1.54) is 6.07 Å². The van der Waals surface area contributed by atoms with Crippen molar-refractivity contribution in [1.82, 2.24) is 0 Å². The standard InChI is InChI=1S/C7H3ClFNO2S/c8-7(13)5-2-1-4(10(11)12)3-6(5)9/h1-3H. The Hall–Kier alpha value is -1.07. The smallest absolute Gasteiger partial charge is 0.258 e. The molecule has 0 N–H and O–H groups in total. The van der Waals surface area contributed by atoms with E-state index in [0.717, 1.165) is 12.1 Å². The van der Waals surface area contributed by atoms with E-state index in [-0.39, 0.29) is 15.6 Å². The lowest BCUT2D eigenvalue weighted by Gasteiger charge is -1.97. The van der Waals surface area contributed by atoms with E-state index in [4.69, 9.17) is 11.6 Å². The summed E-state index contributed by atoms with van der Waals surface area (Å²) in [7, 11) is 0. The zero-order valence-corrected chi connectivity index (χ0v) is 7.73. The maximum atomic E-state index is 13.0. The topological polar surface area (TPSA) is 43.1 Å². The van der Waals surface area contributed by atoms with Gasteiger partial charge in [-0.15, -0.1) is 0 Å². The van der Waals surface area contributed by atoms with Crippen molar-refractivity contribution in [1.29, 1.82) is 0 Å². The monoisotopic (exact) mass is 219 g/mol. The lowest BCUT2D eigenvalue weighted by molar-refractivity contribution is -0.385. The van der Waals surface area contributed by atoms with Gasteiger partial charge >= 0.3 is 0 Å². The fourth-order valence-electron chi connectivity index (χ4n) is 0.777. The quantitative estimate of drug-likeness (QED) is 0.332. The molecule has 1 aromatic carbocycles. The first-order valence-electron chi connectivity index (χ1n) is 3.16. The molecule has 0 aliphatic carbocycles. The van der Waals surface area contributed by atoms with Crippen LogP contribution in [0.4, 0.5) is 10.1 Å². The molecule has 0 aliphatic heterocycles. The van der Waals surface area contributed by atoms with Crippen LogP contribution in [-0.2, 0) is 0 Å². The van der Waals surface area contributed by atoms with Crippen LogP contribution in [0.2, 0.25) is 0 Å². The van der Waals surface area contributed by atoms with Crippen LogP contribution in [0.3, 0.4) is 0 Å². The van der Waals surface area contributed by atoms with Gasteiger partial charge in [-0.25, -0.2) is 4.39 Å². The summed E-state index contributed by atoms with van der Waals surface area (Å²) in [4.78, 5) is 9.52. The van der Waals surface area contributed by atoms with Crippen LogP contribution in [-0.4, -0.2) is 9.25 Å². The van der Waals surface area contributed by atoms with Gasteiger partial charge in [-0.05, 0) is 6.07 Å². The highest BCUT2D eigenvalue weighted by atomic mass is 35.5. The fourth-order valence-corrected chi connectivity index (χ4v) is 1.10. The third-order valence-electron chi connectivity index (χ3n) is 1.38. The van der Waals surface area contributed by atoms with Gasteiger partial charge in [-0.2, -0.15) is 0 Å². The number of thiocarbonyl (C=S) groups is 1. The molecule has 0 spiro atoms. The van der Waals surface area contributed by atoms with Gasteiger partial charge in [-0.1, -0.05) is 23.8 Å². The van der Waals surface area contributed by atoms with Crippen LogP contribution in [0.1, 0.15) is 5.56 Å². The van der Waals surface area contributed by atoms with E-state index >= 15 is 0 Å². The summed E-state index contributed by atoms with van der Waals surface area (Å²) in [5.74, 6) is -0.783. The number of nitrogens with zero attached hydrogens (tertiary/aromatic N) is 1. The minimum Gasteiger partial charge on any atom is -0.258 e. The number of hydrogen-bond acceptors (Lipinski definition) is 3. The van der Waals surface area contributed by atoms with E-state index in [9.17, 15) is 14.5 Å². The van der Waals surface area contributed by atoms with Crippen LogP contribution in [0.25, 0.3) is 0 Å². The first kappa shape index (κ1) is 10.0. The van der Waals surface area contributed by atoms with Crippen LogP contribution in [0.15, 0.2) is 18.2 Å². The highest BCUT2D eigenvalue weighted by Gasteiger charge is 2.11. The van der Waals surface area contributed by atoms with Gasteiger partial charge < -0.3 is 0 Å². The van der Waals surface area contributed by atoms with Gasteiger partial charge in [0.2, 0.25) is 0 Å². The van der Waals surface area contributed by atoms with Gasteiger partial charge in [0.1, 0.15) is 10.1 Å². The molecule has 0 saturated carbocycles. The van der Waals surface area contributed by atoms with Gasteiger partial charge in [0.15, 0.2) is 0 Å². The summed E-state index contributed by atoms with van der Waals surface area (Å²) in [6.45, 7) is 0. The maximum Gasteiger partial charge on any atom is 0.272 e.